The smallest absolute Gasteiger partial charge is 0.257 e. The SMILES string of the molecule is CSc1nnc(C)n1NC(=S)NC(=O)c1cccc(Br)c1. The number of aryl methyl sites for hydroxylation is 1. The van der Waals surface area contributed by atoms with Gasteiger partial charge in [0, 0.05) is 10.0 Å². The minimum Gasteiger partial charge on any atom is -0.298 e. The van der Waals surface area contributed by atoms with Crippen LogP contribution in [-0.2, 0) is 0 Å². The molecule has 0 saturated carbocycles. The molecule has 1 amide bonds. The van der Waals surface area contributed by atoms with Crippen molar-refractivity contribution >= 4 is 50.9 Å². The van der Waals surface area contributed by atoms with Crippen molar-refractivity contribution in [2.45, 2.75) is 12.1 Å². The molecule has 0 spiro atoms. The highest BCUT2D eigenvalue weighted by molar-refractivity contribution is 9.10. The highest BCUT2D eigenvalue weighted by Gasteiger charge is 2.12. The van der Waals surface area contributed by atoms with Gasteiger partial charge in [-0.2, -0.15) is 0 Å². The minimum atomic E-state index is -0.287. The lowest BCUT2D eigenvalue weighted by molar-refractivity contribution is 0.0977. The molecule has 9 heteroatoms. The Kier molecular flexibility index (Phi) is 5.32. The van der Waals surface area contributed by atoms with Crippen LogP contribution in [0, 0.1) is 6.92 Å². The van der Waals surface area contributed by atoms with Gasteiger partial charge in [0.25, 0.3) is 5.91 Å². The first-order valence-corrected chi connectivity index (χ1v) is 8.27. The minimum absolute atomic E-state index is 0.179. The van der Waals surface area contributed by atoms with E-state index in [-0.39, 0.29) is 11.0 Å². The summed E-state index contributed by atoms with van der Waals surface area (Å²) in [5.74, 6) is 0.364. The third kappa shape index (κ3) is 4.02. The van der Waals surface area contributed by atoms with Gasteiger partial charge in [0.15, 0.2) is 5.11 Å². The number of hydrogen-bond donors (Lipinski definition) is 2. The lowest BCUT2D eigenvalue weighted by atomic mass is 10.2. The maximum Gasteiger partial charge on any atom is 0.257 e. The predicted molar refractivity (Wildman–Crippen MR) is 90.1 cm³/mol. The van der Waals surface area contributed by atoms with Crippen LogP contribution in [-0.4, -0.2) is 32.1 Å². The average Bonchev–Trinajstić information content (AvgIpc) is 2.79. The average molecular weight is 386 g/mol. The molecule has 0 radical (unpaired) electrons. The first-order valence-electron chi connectivity index (χ1n) is 5.85. The Morgan fingerprint density at radius 3 is 2.86 bits per heavy atom. The normalized spacial score (nSPS) is 10.2. The molecule has 21 heavy (non-hydrogen) atoms. The van der Waals surface area contributed by atoms with Crippen LogP contribution in [0.4, 0.5) is 0 Å². The highest BCUT2D eigenvalue weighted by atomic mass is 79.9. The Hall–Kier alpha value is -1.45. The zero-order chi connectivity index (χ0) is 15.4. The Morgan fingerprint density at radius 2 is 2.19 bits per heavy atom. The van der Waals surface area contributed by atoms with Crippen molar-refractivity contribution in [1.29, 1.82) is 0 Å². The van der Waals surface area contributed by atoms with E-state index in [0.717, 1.165) is 4.47 Å². The topological polar surface area (TPSA) is 71.8 Å². The number of carbonyl (C=O) groups is 1. The van der Waals surface area contributed by atoms with E-state index in [1.807, 2.05) is 12.3 Å². The molecule has 0 atom stereocenters. The van der Waals surface area contributed by atoms with Crippen LogP contribution >= 0.6 is 39.9 Å². The van der Waals surface area contributed by atoms with Crippen molar-refractivity contribution < 1.29 is 4.79 Å². The fourth-order valence-electron chi connectivity index (χ4n) is 1.54. The van der Waals surface area contributed by atoms with E-state index in [1.54, 1.807) is 29.8 Å². The quantitative estimate of drug-likeness (QED) is 0.623. The Balaban J connectivity index is 2.05. The summed E-state index contributed by atoms with van der Waals surface area (Å²) in [7, 11) is 0. The monoisotopic (exact) mass is 385 g/mol. The van der Waals surface area contributed by atoms with Crippen LogP contribution in [0.5, 0.6) is 0 Å². The van der Waals surface area contributed by atoms with Gasteiger partial charge in [-0.3, -0.25) is 15.5 Å². The van der Waals surface area contributed by atoms with Crippen LogP contribution in [0.2, 0.25) is 0 Å². The van der Waals surface area contributed by atoms with Crippen LogP contribution < -0.4 is 10.7 Å². The lowest BCUT2D eigenvalue weighted by Crippen LogP contribution is -2.38. The summed E-state index contributed by atoms with van der Waals surface area (Å²) in [4.78, 5) is 12.1. The maximum atomic E-state index is 12.1. The van der Waals surface area contributed by atoms with Gasteiger partial charge >= 0.3 is 0 Å². The van der Waals surface area contributed by atoms with Gasteiger partial charge in [0.1, 0.15) is 5.82 Å². The molecule has 2 aromatic rings. The molecule has 1 heterocycles. The maximum absolute atomic E-state index is 12.1. The van der Waals surface area contributed by atoms with E-state index in [4.69, 9.17) is 12.2 Å². The summed E-state index contributed by atoms with van der Waals surface area (Å²) in [6.45, 7) is 1.79. The summed E-state index contributed by atoms with van der Waals surface area (Å²) in [6, 6.07) is 7.05. The number of aromatic nitrogens is 3. The van der Waals surface area contributed by atoms with Crippen molar-refractivity contribution in [3.05, 3.63) is 40.1 Å². The molecular weight excluding hydrogens is 374 g/mol. The molecule has 110 valence electrons. The van der Waals surface area contributed by atoms with Crippen LogP contribution in [0.1, 0.15) is 16.2 Å². The first-order chi connectivity index (χ1) is 10.0. The standard InChI is InChI=1S/C12H12BrN5OS2/c1-7-15-16-12(21-2)18(7)17-11(20)14-10(19)8-4-3-5-9(13)6-8/h3-6H,1-2H3,(H2,14,17,19,20). The van der Waals surface area contributed by atoms with Crippen LogP contribution in [0.15, 0.2) is 33.9 Å². The lowest BCUT2D eigenvalue weighted by Gasteiger charge is -2.12. The van der Waals surface area contributed by atoms with Gasteiger partial charge in [0.05, 0.1) is 0 Å². The summed E-state index contributed by atoms with van der Waals surface area (Å²) < 4.78 is 2.45. The molecule has 0 fully saturated rings. The van der Waals surface area contributed by atoms with Gasteiger partial charge in [-0.05, 0) is 43.6 Å². The molecule has 0 saturated heterocycles. The van der Waals surface area contributed by atoms with E-state index in [9.17, 15) is 4.79 Å². The van der Waals surface area contributed by atoms with Crippen molar-refractivity contribution in [2.75, 3.05) is 11.7 Å². The van der Waals surface area contributed by atoms with E-state index in [1.165, 1.54) is 11.8 Å². The fraction of sp³-hybridized carbons (Fsp3) is 0.167. The number of carbonyl (C=O) groups excluding carboxylic acids is 1. The molecule has 6 nitrogen and oxygen atoms in total. The molecule has 0 aliphatic rings. The number of amides is 1. The summed E-state index contributed by atoms with van der Waals surface area (Å²) in [5.41, 5.74) is 3.40. The Morgan fingerprint density at radius 1 is 1.43 bits per heavy atom. The third-order valence-corrected chi connectivity index (χ3v) is 3.82. The molecule has 0 unspecified atom stereocenters. The Bertz CT molecular complexity index is 688. The summed E-state index contributed by atoms with van der Waals surface area (Å²) in [5, 5.41) is 11.4. The largest absolute Gasteiger partial charge is 0.298 e. The van der Waals surface area contributed by atoms with E-state index in [0.29, 0.717) is 16.5 Å². The Labute approximate surface area is 139 Å². The molecule has 1 aromatic carbocycles. The second-order valence-corrected chi connectivity index (χ2v) is 6.07. The van der Waals surface area contributed by atoms with E-state index in [2.05, 4.69) is 36.9 Å². The molecule has 1 aromatic heterocycles. The number of thioether (sulfide) groups is 1. The summed E-state index contributed by atoms with van der Waals surface area (Å²) >= 11 is 9.88. The number of nitrogens with one attached hydrogen (secondary N) is 2. The van der Waals surface area contributed by atoms with Crippen LogP contribution in [0.3, 0.4) is 0 Å². The number of rotatable bonds is 3. The van der Waals surface area contributed by atoms with Crippen molar-refractivity contribution in [2.24, 2.45) is 0 Å². The molecule has 0 bridgehead atoms. The third-order valence-electron chi connectivity index (χ3n) is 2.50. The van der Waals surface area contributed by atoms with Gasteiger partial charge < -0.3 is 0 Å². The number of benzene rings is 1. The number of hydrogen-bond acceptors (Lipinski definition) is 5. The van der Waals surface area contributed by atoms with Gasteiger partial charge in [0.2, 0.25) is 5.16 Å². The van der Waals surface area contributed by atoms with Crippen molar-refractivity contribution in [1.82, 2.24) is 20.2 Å². The molecule has 0 aliphatic carbocycles. The molecular formula is C12H12BrN5OS2. The van der Waals surface area contributed by atoms with Crippen molar-refractivity contribution in [3.63, 3.8) is 0 Å². The predicted octanol–water partition coefficient (Wildman–Crippen LogP) is 2.33. The number of halogens is 1. The first kappa shape index (κ1) is 15.9. The molecule has 0 aliphatic heterocycles. The number of nitrogens with zero attached hydrogens (tertiary/aromatic N) is 3. The fourth-order valence-corrected chi connectivity index (χ4v) is 2.60. The van der Waals surface area contributed by atoms with E-state index < -0.39 is 0 Å². The second-order valence-electron chi connectivity index (χ2n) is 3.97. The van der Waals surface area contributed by atoms with Crippen molar-refractivity contribution in [3.8, 4) is 0 Å². The van der Waals surface area contributed by atoms with Crippen LogP contribution in [0.25, 0.3) is 0 Å². The summed E-state index contributed by atoms with van der Waals surface area (Å²) in [6.07, 6.45) is 1.88. The molecule has 2 rings (SSSR count). The van der Waals surface area contributed by atoms with Gasteiger partial charge in [-0.15, -0.1) is 10.2 Å². The highest BCUT2D eigenvalue weighted by Crippen LogP contribution is 2.12. The molecule has 2 N–H and O–H groups in total. The van der Waals surface area contributed by atoms with Gasteiger partial charge in [-0.1, -0.05) is 33.8 Å². The van der Waals surface area contributed by atoms with E-state index >= 15 is 0 Å². The number of thiocarbonyl (C=S) groups is 1. The zero-order valence-corrected chi connectivity index (χ0v) is 14.5. The zero-order valence-electron chi connectivity index (χ0n) is 11.3. The van der Waals surface area contributed by atoms with Gasteiger partial charge in [-0.25, -0.2) is 4.68 Å². The second kappa shape index (κ2) is 7.01.